The lowest BCUT2D eigenvalue weighted by atomic mass is 9.80. The van der Waals surface area contributed by atoms with Crippen molar-refractivity contribution >= 4 is 5.97 Å². The molecular formula is C14H27NO2. The Morgan fingerprint density at radius 3 is 2.53 bits per heavy atom. The lowest BCUT2D eigenvalue weighted by molar-refractivity contribution is -0.302. The highest BCUT2D eigenvalue weighted by atomic mass is 16.4. The van der Waals surface area contributed by atoms with E-state index < -0.39 is 5.97 Å². The summed E-state index contributed by atoms with van der Waals surface area (Å²) in [5.74, 6) is 1.01. The number of rotatable bonds is 1. The second-order valence-corrected chi connectivity index (χ2v) is 4.87. The second kappa shape index (κ2) is 8.29. The molecule has 2 aliphatic carbocycles. The fourth-order valence-electron chi connectivity index (χ4n) is 3.09. The molecule has 4 N–H and O–H groups in total. The van der Waals surface area contributed by atoms with Crippen molar-refractivity contribution in [1.29, 1.82) is 0 Å². The van der Waals surface area contributed by atoms with Crippen molar-refractivity contribution in [2.75, 3.05) is 0 Å². The Bertz CT molecular complexity index is 257. The van der Waals surface area contributed by atoms with Gasteiger partial charge in [-0.05, 0) is 50.9 Å². The maximum atomic E-state index is 8.89. The first-order valence-corrected chi connectivity index (χ1v) is 6.51. The van der Waals surface area contributed by atoms with Crippen LogP contribution in [0.3, 0.4) is 0 Å². The van der Waals surface area contributed by atoms with Crippen molar-refractivity contribution in [3.05, 3.63) is 11.6 Å². The minimum atomic E-state index is -1.08. The molecule has 0 saturated heterocycles. The molecule has 0 aromatic rings. The van der Waals surface area contributed by atoms with Gasteiger partial charge in [0.2, 0.25) is 0 Å². The molecule has 0 spiro atoms. The highest BCUT2D eigenvalue weighted by molar-refractivity contribution is 5.60. The van der Waals surface area contributed by atoms with E-state index in [-0.39, 0.29) is 6.15 Å². The summed E-state index contributed by atoms with van der Waals surface area (Å²) in [6.07, 6.45) is 12.7. The van der Waals surface area contributed by atoms with Crippen LogP contribution in [0, 0.1) is 11.8 Å². The molecule has 2 rings (SSSR count). The molecule has 17 heavy (non-hydrogen) atoms. The summed E-state index contributed by atoms with van der Waals surface area (Å²) in [7, 11) is 0. The summed E-state index contributed by atoms with van der Waals surface area (Å²) in [4.78, 5) is 8.89. The van der Waals surface area contributed by atoms with E-state index >= 15 is 0 Å². The van der Waals surface area contributed by atoms with Gasteiger partial charge in [0.1, 0.15) is 0 Å². The number of hydrogen-bond acceptors (Lipinski definition) is 2. The predicted molar refractivity (Wildman–Crippen MR) is 69.7 cm³/mol. The minimum absolute atomic E-state index is 0. The summed E-state index contributed by atoms with van der Waals surface area (Å²) in [6, 6.07) is 0. The van der Waals surface area contributed by atoms with Gasteiger partial charge >= 0.3 is 0 Å². The molecule has 2 unspecified atom stereocenters. The first-order valence-electron chi connectivity index (χ1n) is 6.51. The van der Waals surface area contributed by atoms with E-state index in [4.69, 9.17) is 9.90 Å². The van der Waals surface area contributed by atoms with Crippen molar-refractivity contribution in [1.82, 2.24) is 6.15 Å². The smallest absolute Gasteiger partial charge is 0.0383 e. The molecule has 3 heteroatoms. The largest absolute Gasteiger partial charge is 0.550 e. The normalized spacial score (nSPS) is 28.7. The van der Waals surface area contributed by atoms with Gasteiger partial charge in [-0.3, -0.25) is 0 Å². The molecule has 100 valence electrons. The number of quaternary nitrogens is 1. The van der Waals surface area contributed by atoms with E-state index in [1.807, 2.05) is 5.57 Å². The average molecular weight is 241 g/mol. The predicted octanol–water partition coefficient (Wildman–Crippen LogP) is 3.06. The van der Waals surface area contributed by atoms with Gasteiger partial charge in [-0.1, -0.05) is 31.4 Å². The van der Waals surface area contributed by atoms with Crippen LogP contribution in [0.1, 0.15) is 58.8 Å². The minimum Gasteiger partial charge on any atom is -0.550 e. The van der Waals surface area contributed by atoms with Crippen molar-refractivity contribution in [2.24, 2.45) is 11.8 Å². The van der Waals surface area contributed by atoms with Crippen molar-refractivity contribution in [3.8, 4) is 0 Å². The standard InChI is InChI=1S/C12H20.C2H4O2.H3N/c1-2-5-10-8-9-11-6-3-4-7-12(10)11;1-2(3)4;/h5,11-12H,2-4,6-9H2,1H3;1H3,(H,3,4);1H3. The number of hydrogen-bond donors (Lipinski definition) is 1. The van der Waals surface area contributed by atoms with Gasteiger partial charge in [-0.25, -0.2) is 0 Å². The first kappa shape index (κ1) is 16.2. The van der Waals surface area contributed by atoms with Gasteiger partial charge in [0, 0.05) is 5.97 Å². The Morgan fingerprint density at radius 2 is 1.94 bits per heavy atom. The van der Waals surface area contributed by atoms with Crippen LogP contribution in [0.25, 0.3) is 0 Å². The molecule has 3 nitrogen and oxygen atoms in total. The van der Waals surface area contributed by atoms with E-state index in [1.165, 1.54) is 44.9 Å². The molecule has 0 heterocycles. The third kappa shape index (κ3) is 5.35. The Hall–Kier alpha value is -0.830. The van der Waals surface area contributed by atoms with Crippen LogP contribution in [-0.2, 0) is 4.79 Å². The number of carbonyl (C=O) groups is 1. The third-order valence-electron chi connectivity index (χ3n) is 3.66. The molecule has 0 aromatic heterocycles. The summed E-state index contributed by atoms with van der Waals surface area (Å²) in [5.41, 5.74) is 1.81. The quantitative estimate of drug-likeness (QED) is 0.716. The Morgan fingerprint density at radius 1 is 1.35 bits per heavy atom. The molecule has 2 aliphatic rings. The SMILES string of the molecule is CC(=O)[O-].CCC=C1CCC2CCCCC12.[NH4+]. The molecular weight excluding hydrogens is 214 g/mol. The Balaban J connectivity index is 0.000000453. The lowest BCUT2D eigenvalue weighted by Crippen LogP contribution is -2.16. The maximum Gasteiger partial charge on any atom is 0.0383 e. The first-order chi connectivity index (χ1) is 7.65. The van der Waals surface area contributed by atoms with E-state index in [0.29, 0.717) is 0 Å². The lowest BCUT2D eigenvalue weighted by Gasteiger charge is -2.25. The molecule has 2 saturated carbocycles. The van der Waals surface area contributed by atoms with Crippen LogP contribution in [0.2, 0.25) is 0 Å². The van der Waals surface area contributed by atoms with Crippen LogP contribution >= 0.6 is 0 Å². The summed E-state index contributed by atoms with van der Waals surface area (Å²) < 4.78 is 0. The van der Waals surface area contributed by atoms with E-state index in [1.54, 1.807) is 0 Å². The van der Waals surface area contributed by atoms with Gasteiger partial charge in [0.05, 0.1) is 0 Å². The highest BCUT2D eigenvalue weighted by Gasteiger charge is 2.32. The zero-order valence-electron chi connectivity index (χ0n) is 11.5. The number of allylic oxidation sites excluding steroid dienone is 2. The topological polar surface area (TPSA) is 76.6 Å². The Labute approximate surface area is 105 Å². The van der Waals surface area contributed by atoms with Gasteiger partial charge in [-0.2, -0.15) is 0 Å². The highest BCUT2D eigenvalue weighted by Crippen LogP contribution is 2.45. The van der Waals surface area contributed by atoms with Crippen LogP contribution in [-0.4, -0.2) is 5.97 Å². The molecule has 0 radical (unpaired) electrons. The molecule has 0 bridgehead atoms. The third-order valence-corrected chi connectivity index (χ3v) is 3.66. The molecule has 2 atom stereocenters. The maximum absolute atomic E-state index is 8.89. The van der Waals surface area contributed by atoms with Gasteiger partial charge in [0.15, 0.2) is 0 Å². The summed E-state index contributed by atoms with van der Waals surface area (Å²) in [5, 5.41) is 8.89. The number of carboxylic acids is 1. The molecule has 0 amide bonds. The van der Waals surface area contributed by atoms with Gasteiger partial charge in [0.25, 0.3) is 0 Å². The molecule has 0 aliphatic heterocycles. The fraction of sp³-hybridized carbons (Fsp3) is 0.786. The van der Waals surface area contributed by atoms with Crippen LogP contribution < -0.4 is 11.3 Å². The monoisotopic (exact) mass is 241 g/mol. The zero-order valence-corrected chi connectivity index (χ0v) is 11.5. The average Bonchev–Trinajstić information content (AvgIpc) is 2.62. The van der Waals surface area contributed by atoms with Gasteiger partial charge in [-0.15, -0.1) is 0 Å². The Kier molecular flexibility index (Phi) is 7.88. The van der Waals surface area contributed by atoms with Crippen molar-refractivity contribution < 1.29 is 9.90 Å². The van der Waals surface area contributed by atoms with E-state index in [0.717, 1.165) is 18.8 Å². The van der Waals surface area contributed by atoms with Crippen LogP contribution in [0.4, 0.5) is 0 Å². The number of carboxylic acid groups (broad SMARTS) is 1. The summed E-state index contributed by atoms with van der Waals surface area (Å²) >= 11 is 0. The number of carbonyl (C=O) groups excluding carboxylic acids is 1. The second-order valence-electron chi connectivity index (χ2n) is 4.87. The number of aliphatic carboxylic acids is 1. The zero-order chi connectivity index (χ0) is 12.0. The van der Waals surface area contributed by atoms with E-state index in [2.05, 4.69) is 13.0 Å². The van der Waals surface area contributed by atoms with Crippen molar-refractivity contribution in [3.63, 3.8) is 0 Å². The number of fused-ring (bicyclic) bond motifs is 1. The fourth-order valence-corrected chi connectivity index (χ4v) is 3.09. The van der Waals surface area contributed by atoms with Gasteiger partial charge < -0.3 is 16.1 Å². The summed E-state index contributed by atoms with van der Waals surface area (Å²) in [6.45, 7) is 3.24. The van der Waals surface area contributed by atoms with Crippen LogP contribution in [0.5, 0.6) is 0 Å². The molecule has 0 aromatic carbocycles. The van der Waals surface area contributed by atoms with Crippen molar-refractivity contribution in [2.45, 2.75) is 58.8 Å². The molecule has 2 fully saturated rings. The van der Waals surface area contributed by atoms with Crippen LogP contribution in [0.15, 0.2) is 11.6 Å². The van der Waals surface area contributed by atoms with E-state index in [9.17, 15) is 0 Å².